The van der Waals surface area contributed by atoms with Gasteiger partial charge < -0.3 is 20.1 Å². The molecule has 2 amide bonds. The zero-order chi connectivity index (χ0) is 23.4. The minimum absolute atomic E-state index is 0.000766. The number of amides is 2. The lowest BCUT2D eigenvalue weighted by atomic mass is 9.92. The molecular formula is C26H30N2O5. The van der Waals surface area contributed by atoms with E-state index >= 15 is 0 Å². The molecular weight excluding hydrogens is 420 g/mol. The van der Waals surface area contributed by atoms with Crippen molar-refractivity contribution in [3.63, 3.8) is 0 Å². The number of carboxylic acid groups (broad SMARTS) is 1. The summed E-state index contributed by atoms with van der Waals surface area (Å²) in [6.07, 6.45) is 1.41. The van der Waals surface area contributed by atoms with E-state index in [4.69, 9.17) is 4.74 Å². The highest BCUT2D eigenvalue weighted by molar-refractivity contribution is 5.84. The molecule has 1 saturated heterocycles. The molecule has 4 rings (SSSR count). The monoisotopic (exact) mass is 450 g/mol. The van der Waals surface area contributed by atoms with Crippen LogP contribution in [0.2, 0.25) is 0 Å². The number of carbonyl (C=O) groups excluding carboxylic acids is 2. The zero-order valence-corrected chi connectivity index (χ0v) is 18.8. The summed E-state index contributed by atoms with van der Waals surface area (Å²) in [6.45, 7) is 3.02. The first-order valence-electron chi connectivity index (χ1n) is 11.6. The molecule has 0 radical (unpaired) electrons. The minimum atomic E-state index is -0.952. The number of carboxylic acids is 1. The smallest absolute Gasteiger partial charge is 0.407 e. The molecule has 2 unspecified atom stereocenters. The number of likely N-dealkylation sites (tertiary alicyclic amines) is 1. The van der Waals surface area contributed by atoms with Crippen molar-refractivity contribution >= 4 is 18.0 Å². The van der Waals surface area contributed by atoms with Crippen LogP contribution in [0.15, 0.2) is 48.5 Å². The highest BCUT2D eigenvalue weighted by Gasteiger charge is 2.34. The van der Waals surface area contributed by atoms with Gasteiger partial charge in [-0.2, -0.15) is 0 Å². The first-order valence-corrected chi connectivity index (χ1v) is 11.6. The van der Waals surface area contributed by atoms with Gasteiger partial charge in [-0.15, -0.1) is 0 Å². The van der Waals surface area contributed by atoms with E-state index in [0.717, 1.165) is 17.5 Å². The summed E-state index contributed by atoms with van der Waals surface area (Å²) in [6, 6.07) is 15.6. The van der Waals surface area contributed by atoms with Crippen LogP contribution in [0.4, 0.5) is 4.79 Å². The van der Waals surface area contributed by atoms with E-state index in [2.05, 4.69) is 29.6 Å². The van der Waals surface area contributed by atoms with E-state index in [-0.39, 0.29) is 24.9 Å². The Morgan fingerprint density at radius 2 is 1.70 bits per heavy atom. The number of nitrogens with zero attached hydrogens (tertiary/aromatic N) is 1. The second kappa shape index (κ2) is 10.1. The minimum Gasteiger partial charge on any atom is -0.480 e. The quantitative estimate of drug-likeness (QED) is 0.621. The Bertz CT molecular complexity index is 991. The average molecular weight is 451 g/mol. The molecule has 33 heavy (non-hydrogen) atoms. The van der Waals surface area contributed by atoms with Crippen LogP contribution >= 0.6 is 0 Å². The van der Waals surface area contributed by atoms with E-state index in [0.29, 0.717) is 31.8 Å². The van der Waals surface area contributed by atoms with Crippen molar-refractivity contribution < 1.29 is 24.2 Å². The van der Waals surface area contributed by atoms with Gasteiger partial charge in [0, 0.05) is 25.4 Å². The number of fused-ring (bicyclic) bond motifs is 3. The van der Waals surface area contributed by atoms with Crippen molar-refractivity contribution in [2.75, 3.05) is 19.7 Å². The predicted molar refractivity (Wildman–Crippen MR) is 124 cm³/mol. The predicted octanol–water partition coefficient (Wildman–Crippen LogP) is 4.02. The summed E-state index contributed by atoms with van der Waals surface area (Å²) in [5, 5.41) is 12.1. The number of nitrogens with one attached hydrogen (secondary N) is 1. The Labute approximate surface area is 193 Å². The van der Waals surface area contributed by atoms with E-state index < -0.39 is 18.1 Å². The van der Waals surface area contributed by atoms with Gasteiger partial charge in [-0.25, -0.2) is 9.59 Å². The molecule has 2 aromatic carbocycles. The van der Waals surface area contributed by atoms with Gasteiger partial charge >= 0.3 is 12.1 Å². The van der Waals surface area contributed by atoms with E-state index in [9.17, 15) is 19.5 Å². The lowest BCUT2D eigenvalue weighted by Crippen LogP contribution is -2.49. The van der Waals surface area contributed by atoms with Crippen molar-refractivity contribution in [3.8, 4) is 11.1 Å². The summed E-state index contributed by atoms with van der Waals surface area (Å²) >= 11 is 0. The van der Waals surface area contributed by atoms with Crippen LogP contribution in [-0.2, 0) is 14.3 Å². The number of benzene rings is 2. The molecule has 0 saturated carbocycles. The van der Waals surface area contributed by atoms with Crippen molar-refractivity contribution in [1.29, 1.82) is 0 Å². The molecule has 2 N–H and O–H groups in total. The van der Waals surface area contributed by atoms with Crippen LogP contribution in [0.5, 0.6) is 0 Å². The molecule has 0 aromatic heterocycles. The third-order valence-corrected chi connectivity index (χ3v) is 6.65. The maximum absolute atomic E-state index is 12.5. The van der Waals surface area contributed by atoms with Crippen LogP contribution in [-0.4, -0.2) is 53.7 Å². The number of piperidine rings is 1. The second-order valence-electron chi connectivity index (χ2n) is 8.93. The molecule has 174 valence electrons. The molecule has 1 aliphatic heterocycles. The largest absolute Gasteiger partial charge is 0.480 e. The SMILES string of the molecule is CC1CCN(C(=O)CCCNC(=O)OCC2c3ccccc3-c3ccccc32)C(C(=O)O)C1. The van der Waals surface area contributed by atoms with Crippen LogP contribution in [0, 0.1) is 5.92 Å². The average Bonchev–Trinajstić information content (AvgIpc) is 3.14. The van der Waals surface area contributed by atoms with Crippen LogP contribution in [0.3, 0.4) is 0 Å². The van der Waals surface area contributed by atoms with Crippen LogP contribution < -0.4 is 5.32 Å². The summed E-state index contributed by atoms with van der Waals surface area (Å²) in [5.74, 6) is -0.833. The van der Waals surface area contributed by atoms with Gasteiger partial charge in [0.15, 0.2) is 0 Å². The Kier molecular flexibility index (Phi) is 6.96. The lowest BCUT2D eigenvalue weighted by molar-refractivity contribution is -0.153. The maximum atomic E-state index is 12.5. The zero-order valence-electron chi connectivity index (χ0n) is 18.8. The van der Waals surface area contributed by atoms with E-state index in [1.165, 1.54) is 16.0 Å². The normalized spacial score (nSPS) is 19.5. The Balaban J connectivity index is 1.23. The number of rotatable bonds is 7. The summed E-state index contributed by atoms with van der Waals surface area (Å²) in [7, 11) is 0. The lowest BCUT2D eigenvalue weighted by Gasteiger charge is -2.36. The molecule has 7 heteroatoms. The van der Waals surface area contributed by atoms with Crippen LogP contribution in [0.25, 0.3) is 11.1 Å². The summed E-state index contributed by atoms with van der Waals surface area (Å²) in [4.78, 5) is 37.7. The number of ether oxygens (including phenoxy) is 1. The highest BCUT2D eigenvalue weighted by atomic mass is 16.5. The Hall–Kier alpha value is -3.35. The Morgan fingerprint density at radius 1 is 1.06 bits per heavy atom. The fraction of sp³-hybridized carbons (Fsp3) is 0.423. The third kappa shape index (κ3) is 5.02. The Morgan fingerprint density at radius 3 is 2.33 bits per heavy atom. The number of alkyl carbamates (subject to hydrolysis) is 1. The van der Waals surface area contributed by atoms with Gasteiger partial charge in [-0.3, -0.25) is 4.79 Å². The summed E-state index contributed by atoms with van der Waals surface area (Å²) < 4.78 is 5.50. The van der Waals surface area contributed by atoms with E-state index in [1.54, 1.807) is 0 Å². The van der Waals surface area contributed by atoms with Crippen LogP contribution in [0.1, 0.15) is 49.7 Å². The summed E-state index contributed by atoms with van der Waals surface area (Å²) in [5.41, 5.74) is 4.65. The molecule has 2 atom stereocenters. The molecule has 2 aromatic rings. The number of aliphatic carboxylic acids is 1. The molecule has 1 fully saturated rings. The number of carbonyl (C=O) groups is 3. The third-order valence-electron chi connectivity index (χ3n) is 6.65. The topological polar surface area (TPSA) is 95.9 Å². The van der Waals surface area contributed by atoms with Crippen molar-refractivity contribution in [2.24, 2.45) is 5.92 Å². The molecule has 0 bridgehead atoms. The maximum Gasteiger partial charge on any atom is 0.407 e. The van der Waals surface area contributed by atoms with Crippen molar-refractivity contribution in [2.45, 2.75) is 44.6 Å². The first-order chi connectivity index (χ1) is 16.0. The van der Waals surface area contributed by atoms with E-state index in [1.807, 2.05) is 31.2 Å². The second-order valence-corrected chi connectivity index (χ2v) is 8.93. The van der Waals surface area contributed by atoms with Gasteiger partial charge in [-0.1, -0.05) is 55.5 Å². The highest BCUT2D eigenvalue weighted by Crippen LogP contribution is 2.44. The fourth-order valence-corrected chi connectivity index (χ4v) is 4.90. The standard InChI is InChI=1S/C26H30N2O5/c1-17-12-14-28(23(15-17)25(30)31)24(29)11-6-13-27-26(32)33-16-22-20-9-4-2-7-18(20)19-8-3-5-10-21(19)22/h2-5,7-10,17,22-23H,6,11-16H2,1H3,(H,27,32)(H,30,31). The molecule has 1 aliphatic carbocycles. The van der Waals surface area contributed by atoms with Gasteiger partial charge in [0.05, 0.1) is 0 Å². The number of hydrogen-bond donors (Lipinski definition) is 2. The van der Waals surface area contributed by atoms with Crippen molar-refractivity contribution in [3.05, 3.63) is 59.7 Å². The van der Waals surface area contributed by atoms with Gasteiger partial charge in [0.2, 0.25) is 5.91 Å². The molecule has 0 spiro atoms. The van der Waals surface area contributed by atoms with Crippen molar-refractivity contribution in [1.82, 2.24) is 10.2 Å². The fourth-order valence-electron chi connectivity index (χ4n) is 4.90. The molecule has 2 aliphatic rings. The van der Waals surface area contributed by atoms with Gasteiger partial charge in [0.25, 0.3) is 0 Å². The molecule has 7 nitrogen and oxygen atoms in total. The molecule has 1 heterocycles. The first kappa shape index (κ1) is 22.8. The number of hydrogen-bond acceptors (Lipinski definition) is 4. The van der Waals surface area contributed by atoms with Gasteiger partial charge in [-0.05, 0) is 47.4 Å². The van der Waals surface area contributed by atoms with Gasteiger partial charge in [0.1, 0.15) is 12.6 Å².